The molecule has 10 heteroatoms. The zero-order chi connectivity index (χ0) is 18.7. The summed E-state index contributed by atoms with van der Waals surface area (Å²) in [5.74, 6) is -0.657. The first-order valence-corrected chi connectivity index (χ1v) is 9.97. The van der Waals surface area contributed by atoms with E-state index in [1.165, 1.54) is 10.4 Å². The smallest absolute Gasteiger partial charge is 0.358 e. The van der Waals surface area contributed by atoms with Gasteiger partial charge < -0.3 is 9.64 Å². The number of rotatable bonds is 5. The number of nitrogens with one attached hydrogen (secondary N) is 1. The highest BCUT2D eigenvalue weighted by atomic mass is 35.5. The number of sulfonamides is 1. The molecule has 0 spiro atoms. The lowest BCUT2D eigenvalue weighted by Crippen LogP contribution is -2.48. The Morgan fingerprint density at radius 2 is 2.00 bits per heavy atom. The Labute approximate surface area is 156 Å². The van der Waals surface area contributed by atoms with Crippen LogP contribution in [0.15, 0.2) is 35.4 Å². The summed E-state index contributed by atoms with van der Waals surface area (Å²) >= 11 is 6.01. The summed E-state index contributed by atoms with van der Waals surface area (Å²) in [6.07, 6.45) is 0. The third kappa shape index (κ3) is 3.84. The van der Waals surface area contributed by atoms with Gasteiger partial charge in [0.05, 0.1) is 6.61 Å². The molecule has 140 valence electrons. The van der Waals surface area contributed by atoms with Crippen molar-refractivity contribution < 1.29 is 17.9 Å². The van der Waals surface area contributed by atoms with Gasteiger partial charge in [0.2, 0.25) is 0 Å². The Morgan fingerprint density at radius 3 is 2.65 bits per heavy atom. The highest BCUT2D eigenvalue weighted by Gasteiger charge is 2.31. The number of carbonyl (C=O) groups excluding carboxylic acids is 1. The summed E-state index contributed by atoms with van der Waals surface area (Å²) in [6, 6.07) is 8.66. The average molecular weight is 399 g/mol. The third-order valence-electron chi connectivity index (χ3n) is 4.07. The molecule has 1 saturated heterocycles. The molecule has 26 heavy (non-hydrogen) atoms. The summed E-state index contributed by atoms with van der Waals surface area (Å²) in [5, 5.41) is 6.69. The van der Waals surface area contributed by atoms with E-state index in [1.807, 2.05) is 18.2 Å². The van der Waals surface area contributed by atoms with Crippen molar-refractivity contribution in [1.29, 1.82) is 0 Å². The largest absolute Gasteiger partial charge is 0.461 e. The van der Waals surface area contributed by atoms with Crippen LogP contribution in [0.5, 0.6) is 0 Å². The van der Waals surface area contributed by atoms with Crippen molar-refractivity contribution in [1.82, 2.24) is 14.5 Å². The number of carbonyl (C=O) groups is 1. The van der Waals surface area contributed by atoms with Crippen molar-refractivity contribution in [2.75, 3.05) is 37.7 Å². The van der Waals surface area contributed by atoms with Gasteiger partial charge in [-0.25, -0.2) is 13.2 Å². The van der Waals surface area contributed by atoms with Crippen molar-refractivity contribution >= 4 is 33.3 Å². The van der Waals surface area contributed by atoms with Crippen molar-refractivity contribution in [3.63, 3.8) is 0 Å². The van der Waals surface area contributed by atoms with Gasteiger partial charge >= 0.3 is 5.97 Å². The van der Waals surface area contributed by atoms with Crippen LogP contribution in [0.4, 0.5) is 5.69 Å². The van der Waals surface area contributed by atoms with Crippen LogP contribution in [0, 0.1) is 0 Å². The zero-order valence-electron chi connectivity index (χ0n) is 14.2. The van der Waals surface area contributed by atoms with Crippen LogP contribution in [0.2, 0.25) is 5.02 Å². The molecule has 0 saturated carbocycles. The molecule has 1 aliphatic rings. The molecule has 1 N–H and O–H groups in total. The minimum absolute atomic E-state index is 0.0528. The number of hydrogen-bond acceptors (Lipinski definition) is 6. The van der Waals surface area contributed by atoms with E-state index in [2.05, 4.69) is 15.1 Å². The maximum atomic E-state index is 12.7. The lowest BCUT2D eigenvalue weighted by molar-refractivity contribution is 0.0519. The Kier molecular flexibility index (Phi) is 5.49. The molecule has 1 aliphatic heterocycles. The second-order valence-corrected chi connectivity index (χ2v) is 8.05. The Bertz CT molecular complexity index is 891. The number of aromatic nitrogens is 2. The van der Waals surface area contributed by atoms with Crippen LogP contribution < -0.4 is 4.90 Å². The first-order chi connectivity index (χ1) is 12.4. The highest BCUT2D eigenvalue weighted by Crippen LogP contribution is 2.23. The summed E-state index contributed by atoms with van der Waals surface area (Å²) < 4.78 is 31.7. The molecule has 2 heterocycles. The van der Waals surface area contributed by atoms with Crippen molar-refractivity contribution in [2.45, 2.75) is 11.9 Å². The van der Waals surface area contributed by atoms with Crippen LogP contribution in [-0.2, 0) is 14.8 Å². The number of H-pyrrole nitrogens is 1. The Balaban J connectivity index is 1.69. The minimum atomic E-state index is -3.75. The summed E-state index contributed by atoms with van der Waals surface area (Å²) in [6.45, 7) is 3.59. The molecule has 1 aromatic carbocycles. The number of benzene rings is 1. The lowest BCUT2D eigenvalue weighted by Gasteiger charge is -2.35. The van der Waals surface area contributed by atoms with Gasteiger partial charge in [-0.15, -0.1) is 0 Å². The average Bonchev–Trinajstić information content (AvgIpc) is 3.13. The van der Waals surface area contributed by atoms with Crippen molar-refractivity contribution in [3.8, 4) is 0 Å². The molecular formula is C16H19ClN4O4S. The molecule has 0 amide bonds. The zero-order valence-corrected chi connectivity index (χ0v) is 15.8. The van der Waals surface area contributed by atoms with Gasteiger partial charge in [0.1, 0.15) is 0 Å². The van der Waals surface area contributed by atoms with Crippen molar-refractivity contribution in [3.05, 3.63) is 41.0 Å². The molecule has 2 aromatic rings. The van der Waals surface area contributed by atoms with Crippen LogP contribution in [0.25, 0.3) is 0 Å². The maximum absolute atomic E-state index is 12.7. The van der Waals surface area contributed by atoms with Gasteiger partial charge in [0, 0.05) is 43.0 Å². The van der Waals surface area contributed by atoms with Crippen LogP contribution in [-0.4, -0.2) is 61.7 Å². The van der Waals surface area contributed by atoms with Crippen LogP contribution >= 0.6 is 11.6 Å². The molecular weight excluding hydrogens is 380 g/mol. The van der Waals surface area contributed by atoms with E-state index < -0.39 is 16.0 Å². The SMILES string of the molecule is CCOC(=O)c1cc(S(=O)(=O)N2CCN(c3cccc(Cl)c3)CC2)[nH]n1. The number of hydrogen-bond donors (Lipinski definition) is 1. The number of anilines is 1. The monoisotopic (exact) mass is 398 g/mol. The fraction of sp³-hybridized carbons (Fsp3) is 0.375. The number of nitrogens with zero attached hydrogens (tertiary/aromatic N) is 3. The number of ether oxygens (including phenoxy) is 1. The minimum Gasteiger partial charge on any atom is -0.461 e. The Morgan fingerprint density at radius 1 is 1.27 bits per heavy atom. The first kappa shape index (κ1) is 18.7. The molecule has 0 atom stereocenters. The van der Waals surface area contributed by atoms with Gasteiger partial charge in [-0.2, -0.15) is 9.40 Å². The van der Waals surface area contributed by atoms with E-state index in [0.29, 0.717) is 31.2 Å². The topological polar surface area (TPSA) is 95.6 Å². The maximum Gasteiger partial charge on any atom is 0.358 e. The molecule has 8 nitrogen and oxygen atoms in total. The normalized spacial score (nSPS) is 15.8. The predicted octanol–water partition coefficient (Wildman–Crippen LogP) is 1.75. The molecule has 0 aliphatic carbocycles. The van der Waals surface area contributed by atoms with E-state index in [4.69, 9.17) is 16.3 Å². The van der Waals surface area contributed by atoms with E-state index in [9.17, 15) is 13.2 Å². The van der Waals surface area contributed by atoms with Gasteiger partial charge in [-0.3, -0.25) is 5.10 Å². The van der Waals surface area contributed by atoms with Gasteiger partial charge in [-0.1, -0.05) is 17.7 Å². The molecule has 0 bridgehead atoms. The van der Waals surface area contributed by atoms with Crippen LogP contribution in [0.1, 0.15) is 17.4 Å². The highest BCUT2D eigenvalue weighted by molar-refractivity contribution is 7.89. The summed E-state index contributed by atoms with van der Waals surface area (Å²) in [7, 11) is -3.75. The fourth-order valence-corrected chi connectivity index (χ4v) is 4.27. The van der Waals surface area contributed by atoms with E-state index >= 15 is 0 Å². The van der Waals surface area contributed by atoms with Gasteiger partial charge in [-0.05, 0) is 25.1 Å². The summed E-state index contributed by atoms with van der Waals surface area (Å²) in [4.78, 5) is 13.7. The number of aromatic amines is 1. The fourth-order valence-electron chi connectivity index (χ4n) is 2.74. The summed E-state index contributed by atoms with van der Waals surface area (Å²) in [5.41, 5.74) is 0.906. The van der Waals surface area contributed by atoms with Crippen molar-refractivity contribution in [2.24, 2.45) is 0 Å². The molecule has 0 radical (unpaired) electrons. The van der Waals surface area contributed by atoms with Gasteiger partial charge in [0.25, 0.3) is 10.0 Å². The Hall–Kier alpha value is -2.10. The van der Waals surface area contributed by atoms with E-state index in [1.54, 1.807) is 13.0 Å². The number of halogens is 1. The molecule has 1 aromatic heterocycles. The lowest BCUT2D eigenvalue weighted by atomic mass is 10.2. The number of esters is 1. The van der Waals surface area contributed by atoms with Crippen LogP contribution in [0.3, 0.4) is 0 Å². The van der Waals surface area contributed by atoms with E-state index in [0.717, 1.165) is 5.69 Å². The second-order valence-electron chi connectivity index (χ2n) is 5.71. The molecule has 3 rings (SSSR count). The van der Waals surface area contributed by atoms with Gasteiger partial charge in [0.15, 0.2) is 10.7 Å². The third-order valence-corrected chi connectivity index (χ3v) is 6.11. The molecule has 0 unspecified atom stereocenters. The predicted molar refractivity (Wildman–Crippen MR) is 97.0 cm³/mol. The molecule has 1 fully saturated rings. The standard InChI is InChI=1S/C16H19ClN4O4S/c1-2-25-16(22)14-11-15(19-18-14)26(23,24)21-8-6-20(7-9-21)13-5-3-4-12(17)10-13/h3-5,10-11H,2,6-9H2,1H3,(H,18,19). The van der Waals surface area contributed by atoms with E-state index in [-0.39, 0.29) is 17.3 Å². The second kappa shape index (κ2) is 7.65. The first-order valence-electron chi connectivity index (χ1n) is 8.15. The number of piperazine rings is 1. The quantitative estimate of drug-likeness (QED) is 0.771.